The Morgan fingerprint density at radius 2 is 1.61 bits per heavy atom. The first-order valence-electron chi connectivity index (χ1n) is 15.1. The first-order chi connectivity index (χ1) is 23.8. The van der Waals surface area contributed by atoms with E-state index in [1.54, 1.807) is 73.7 Å². The second-order valence-electron chi connectivity index (χ2n) is 10.5. The van der Waals surface area contributed by atoms with Crippen molar-refractivity contribution in [2.24, 2.45) is 0 Å². The van der Waals surface area contributed by atoms with Crippen LogP contribution < -0.4 is 25.4 Å². The molecule has 0 fully saturated rings. The summed E-state index contributed by atoms with van der Waals surface area (Å²) >= 11 is 2.61. The summed E-state index contributed by atoms with van der Waals surface area (Å²) in [6, 6.07) is 32.5. The normalized spacial score (nSPS) is 11.5. The second kappa shape index (κ2) is 16.3. The van der Waals surface area contributed by atoms with Gasteiger partial charge in [-0.15, -0.1) is 23.1 Å². The largest absolute Gasteiger partial charge is 0.497 e. The zero-order chi connectivity index (χ0) is 34.8. The van der Waals surface area contributed by atoms with Crippen LogP contribution in [0.15, 0.2) is 119 Å². The van der Waals surface area contributed by atoms with Crippen LogP contribution in [0.25, 0.3) is 17.2 Å². The molecule has 11 heteroatoms. The molecule has 1 heterocycles. The van der Waals surface area contributed by atoms with E-state index in [9.17, 15) is 19.6 Å². The van der Waals surface area contributed by atoms with Crippen LogP contribution in [0.4, 0.5) is 10.7 Å². The molecule has 3 amide bonds. The van der Waals surface area contributed by atoms with Crippen molar-refractivity contribution in [3.8, 4) is 28.7 Å². The summed E-state index contributed by atoms with van der Waals surface area (Å²) < 4.78 is 10.8. The average molecular weight is 689 g/mol. The molecular weight excluding hydrogens is 657 g/mol. The number of hydrogen-bond acceptors (Lipinski definition) is 8. The lowest BCUT2D eigenvalue weighted by Crippen LogP contribution is -2.30. The SMILES string of the molecule is COc1ccc(OC)c(/C=C(/NC(=O)c2ccccc2)C(=O)Nc2cccc(SC(C)C(=O)Nc3scc(-c4ccccc4)c3C#N)c2)c1. The summed E-state index contributed by atoms with van der Waals surface area (Å²) in [6.07, 6.45) is 1.52. The van der Waals surface area contributed by atoms with Crippen molar-refractivity contribution in [1.82, 2.24) is 5.32 Å². The molecule has 49 heavy (non-hydrogen) atoms. The van der Waals surface area contributed by atoms with Gasteiger partial charge in [0.25, 0.3) is 11.8 Å². The first-order valence-corrected chi connectivity index (χ1v) is 16.8. The van der Waals surface area contributed by atoms with Gasteiger partial charge in [0.15, 0.2) is 0 Å². The monoisotopic (exact) mass is 688 g/mol. The highest BCUT2D eigenvalue weighted by Crippen LogP contribution is 2.36. The van der Waals surface area contributed by atoms with Gasteiger partial charge in [-0.05, 0) is 67.1 Å². The van der Waals surface area contributed by atoms with Gasteiger partial charge in [-0.25, -0.2) is 0 Å². The van der Waals surface area contributed by atoms with E-state index in [4.69, 9.17) is 9.47 Å². The van der Waals surface area contributed by atoms with Crippen LogP contribution in [0.5, 0.6) is 11.5 Å². The highest BCUT2D eigenvalue weighted by atomic mass is 32.2. The molecule has 1 aromatic heterocycles. The number of hydrogen-bond donors (Lipinski definition) is 3. The number of carbonyl (C=O) groups is 3. The van der Waals surface area contributed by atoms with Crippen molar-refractivity contribution in [1.29, 1.82) is 5.26 Å². The summed E-state index contributed by atoms with van der Waals surface area (Å²) in [7, 11) is 3.04. The van der Waals surface area contributed by atoms with E-state index < -0.39 is 17.1 Å². The van der Waals surface area contributed by atoms with Crippen molar-refractivity contribution < 1.29 is 23.9 Å². The number of nitrogens with zero attached hydrogens (tertiary/aromatic N) is 1. The van der Waals surface area contributed by atoms with Gasteiger partial charge in [-0.3, -0.25) is 14.4 Å². The van der Waals surface area contributed by atoms with E-state index in [-0.39, 0.29) is 11.6 Å². The van der Waals surface area contributed by atoms with E-state index in [0.29, 0.717) is 38.9 Å². The average Bonchev–Trinajstić information content (AvgIpc) is 3.54. The molecule has 5 aromatic rings. The van der Waals surface area contributed by atoms with Crippen LogP contribution in [0.3, 0.4) is 0 Å². The minimum absolute atomic E-state index is 0.0228. The summed E-state index contributed by atoms with van der Waals surface area (Å²) in [5, 5.41) is 20.2. The molecule has 1 unspecified atom stereocenters. The standard InChI is InChI=1S/C38H32N4O5S2/c1-24(35(43)42-38-31(22-39)32(23-48-38)25-11-6-4-7-12-25)49-30-16-10-15-28(21-30)40-37(45)33(41-36(44)26-13-8-5-9-14-26)20-27-19-29(46-2)17-18-34(27)47-3/h4-21,23-24H,1-3H3,(H,40,45)(H,41,44)(H,42,43)/b33-20+. The van der Waals surface area contributed by atoms with Crippen molar-refractivity contribution in [2.75, 3.05) is 24.9 Å². The van der Waals surface area contributed by atoms with Crippen LogP contribution in [-0.2, 0) is 9.59 Å². The molecule has 246 valence electrons. The summed E-state index contributed by atoms with van der Waals surface area (Å²) in [4.78, 5) is 40.7. The third-order valence-electron chi connectivity index (χ3n) is 7.26. The third kappa shape index (κ3) is 8.75. The van der Waals surface area contributed by atoms with Crippen LogP contribution in [0.2, 0.25) is 0 Å². The number of nitriles is 1. The minimum Gasteiger partial charge on any atom is -0.497 e. The quantitative estimate of drug-likeness (QED) is 0.0900. The summed E-state index contributed by atoms with van der Waals surface area (Å²) in [5.74, 6) is -0.277. The zero-order valence-corrected chi connectivity index (χ0v) is 28.5. The van der Waals surface area contributed by atoms with Gasteiger partial charge in [0.05, 0.1) is 25.0 Å². The smallest absolute Gasteiger partial charge is 0.272 e. The maximum Gasteiger partial charge on any atom is 0.272 e. The summed E-state index contributed by atoms with van der Waals surface area (Å²) in [5.41, 5.74) is 3.42. The second-order valence-corrected chi connectivity index (χ2v) is 12.8. The lowest BCUT2D eigenvalue weighted by atomic mass is 10.1. The molecule has 0 aliphatic rings. The molecule has 0 saturated carbocycles. The number of benzene rings is 4. The number of amides is 3. The maximum atomic E-state index is 13.7. The Hall–Kier alpha value is -5.83. The highest BCUT2D eigenvalue weighted by molar-refractivity contribution is 8.00. The molecule has 3 N–H and O–H groups in total. The Kier molecular flexibility index (Phi) is 11.5. The first kappa shape index (κ1) is 34.5. The third-order valence-corrected chi connectivity index (χ3v) is 9.25. The Labute approximate surface area is 292 Å². The number of rotatable bonds is 12. The van der Waals surface area contributed by atoms with Crippen molar-refractivity contribution in [3.63, 3.8) is 0 Å². The number of ether oxygens (including phenoxy) is 2. The predicted molar refractivity (Wildman–Crippen MR) is 195 cm³/mol. The van der Waals surface area contributed by atoms with Crippen molar-refractivity contribution >= 4 is 57.6 Å². The molecule has 0 spiro atoms. The number of carbonyl (C=O) groups excluding carboxylic acids is 3. The molecule has 0 aliphatic carbocycles. The van der Waals surface area contributed by atoms with Gasteiger partial charge in [-0.2, -0.15) is 5.26 Å². The molecule has 0 bridgehead atoms. The number of anilines is 2. The van der Waals surface area contributed by atoms with Crippen LogP contribution in [0.1, 0.15) is 28.4 Å². The molecule has 1 atom stereocenters. The number of thioether (sulfide) groups is 1. The van der Waals surface area contributed by atoms with E-state index in [2.05, 4.69) is 22.0 Å². The van der Waals surface area contributed by atoms with Gasteiger partial charge in [0, 0.05) is 32.7 Å². The van der Waals surface area contributed by atoms with Gasteiger partial charge in [-0.1, -0.05) is 54.6 Å². The molecule has 4 aromatic carbocycles. The summed E-state index contributed by atoms with van der Waals surface area (Å²) in [6.45, 7) is 1.77. The topological polar surface area (TPSA) is 130 Å². The van der Waals surface area contributed by atoms with E-state index in [1.807, 2.05) is 41.8 Å². The number of thiophene rings is 1. The molecule has 0 saturated heterocycles. The molecule has 9 nitrogen and oxygen atoms in total. The van der Waals surface area contributed by atoms with Crippen LogP contribution >= 0.6 is 23.1 Å². The Bertz CT molecular complexity index is 2040. The Balaban J connectivity index is 1.32. The van der Waals surface area contributed by atoms with Crippen LogP contribution in [-0.4, -0.2) is 37.2 Å². The minimum atomic E-state index is -0.571. The van der Waals surface area contributed by atoms with Crippen molar-refractivity contribution in [2.45, 2.75) is 17.1 Å². The molecule has 5 rings (SSSR count). The lowest BCUT2D eigenvalue weighted by molar-refractivity contribution is -0.115. The number of methoxy groups -OCH3 is 2. The van der Waals surface area contributed by atoms with Gasteiger partial charge in [0.1, 0.15) is 28.3 Å². The molecule has 0 radical (unpaired) electrons. The van der Waals surface area contributed by atoms with E-state index in [1.165, 1.54) is 43.4 Å². The fraction of sp³-hybridized carbons (Fsp3) is 0.105. The van der Waals surface area contributed by atoms with E-state index >= 15 is 0 Å². The number of nitrogens with one attached hydrogen (secondary N) is 3. The fourth-order valence-electron chi connectivity index (χ4n) is 4.76. The zero-order valence-electron chi connectivity index (χ0n) is 26.9. The van der Waals surface area contributed by atoms with Gasteiger partial charge in [0.2, 0.25) is 5.91 Å². The highest BCUT2D eigenvalue weighted by Gasteiger charge is 2.21. The Morgan fingerprint density at radius 3 is 2.31 bits per heavy atom. The fourth-order valence-corrected chi connectivity index (χ4v) is 6.61. The molecule has 0 aliphatic heterocycles. The van der Waals surface area contributed by atoms with Crippen LogP contribution in [0, 0.1) is 11.3 Å². The van der Waals surface area contributed by atoms with Crippen molar-refractivity contribution in [3.05, 3.63) is 131 Å². The molecular formula is C38H32N4O5S2. The Morgan fingerprint density at radius 1 is 0.878 bits per heavy atom. The van der Waals surface area contributed by atoms with E-state index in [0.717, 1.165) is 16.0 Å². The maximum absolute atomic E-state index is 13.7. The predicted octanol–water partition coefficient (Wildman–Crippen LogP) is 7.83. The van der Waals surface area contributed by atoms with Gasteiger partial charge >= 0.3 is 0 Å². The van der Waals surface area contributed by atoms with Gasteiger partial charge < -0.3 is 25.4 Å². The lowest BCUT2D eigenvalue weighted by Gasteiger charge is -2.14.